The number of nitrogens with one attached hydrogen (secondary N) is 1. The summed E-state index contributed by atoms with van der Waals surface area (Å²) in [6, 6.07) is 4.17. The molecule has 3 rings (SSSR count). The Morgan fingerprint density at radius 3 is 2.55 bits per heavy atom. The number of anilines is 1. The fraction of sp³-hybridized carbons (Fsp3) is 0.500. The Balaban J connectivity index is 0.000000370. The summed E-state index contributed by atoms with van der Waals surface area (Å²) >= 11 is 3.01. The molecule has 2 N–H and O–H groups in total. The van der Waals surface area contributed by atoms with Gasteiger partial charge in [-0.15, -0.1) is 11.3 Å². The number of aliphatic carboxylic acids is 1. The van der Waals surface area contributed by atoms with Gasteiger partial charge in [0.15, 0.2) is 0 Å². The molecule has 0 atom stereocenters. The summed E-state index contributed by atoms with van der Waals surface area (Å²) in [7, 11) is 0. The van der Waals surface area contributed by atoms with E-state index in [2.05, 4.69) is 37.1 Å². The van der Waals surface area contributed by atoms with Crippen LogP contribution in [-0.4, -0.2) is 68.6 Å². The minimum Gasteiger partial charge on any atom is -0.475 e. The van der Waals surface area contributed by atoms with E-state index in [1.807, 2.05) is 11.8 Å². The van der Waals surface area contributed by atoms with Crippen LogP contribution in [0.4, 0.5) is 23.1 Å². The molecular formula is C16H20F3N5O3S2. The van der Waals surface area contributed by atoms with Crippen LogP contribution in [0.25, 0.3) is 0 Å². The van der Waals surface area contributed by atoms with Gasteiger partial charge in [-0.2, -0.15) is 17.5 Å². The second-order valence-corrected chi connectivity index (χ2v) is 7.86. The molecule has 0 aromatic carbocycles. The Kier molecular flexibility index (Phi) is 8.34. The largest absolute Gasteiger partial charge is 0.490 e. The van der Waals surface area contributed by atoms with Crippen LogP contribution in [0.5, 0.6) is 0 Å². The Morgan fingerprint density at radius 2 is 2.00 bits per heavy atom. The van der Waals surface area contributed by atoms with Gasteiger partial charge in [0, 0.05) is 49.1 Å². The number of rotatable bonds is 3. The standard InChI is InChI=1S/C14H19N5OS2.C2HF3O2/c1-11-15-13(22-17-11)16-14(20)19-6-3-5-18(7-8-19)10-12-4-2-9-21-12;3-2(4,5)1(6)7/h2,4,9H,3,5-8,10H2,1H3,(H,15,16,17,20);(H,6,7). The lowest BCUT2D eigenvalue weighted by Gasteiger charge is -2.21. The Labute approximate surface area is 173 Å². The minimum atomic E-state index is -5.08. The third-order valence-corrected chi connectivity index (χ3v) is 5.40. The van der Waals surface area contributed by atoms with Crippen molar-refractivity contribution < 1.29 is 27.9 Å². The molecule has 2 aromatic rings. The maximum atomic E-state index is 12.3. The molecule has 0 saturated carbocycles. The second kappa shape index (κ2) is 10.5. The fourth-order valence-electron chi connectivity index (χ4n) is 2.47. The van der Waals surface area contributed by atoms with E-state index in [-0.39, 0.29) is 6.03 Å². The summed E-state index contributed by atoms with van der Waals surface area (Å²) < 4.78 is 35.8. The lowest BCUT2D eigenvalue weighted by molar-refractivity contribution is -0.192. The van der Waals surface area contributed by atoms with Crippen molar-refractivity contribution in [3.63, 3.8) is 0 Å². The first-order valence-corrected chi connectivity index (χ1v) is 10.2. The number of carboxylic acid groups (broad SMARTS) is 1. The zero-order valence-corrected chi connectivity index (χ0v) is 17.1. The average Bonchev–Trinajstić information content (AvgIpc) is 3.22. The zero-order valence-electron chi connectivity index (χ0n) is 15.5. The molecule has 8 nitrogen and oxygen atoms in total. The van der Waals surface area contributed by atoms with Crippen LogP contribution >= 0.6 is 22.9 Å². The molecule has 0 spiro atoms. The van der Waals surface area contributed by atoms with Gasteiger partial charge in [0.2, 0.25) is 5.13 Å². The summed E-state index contributed by atoms with van der Waals surface area (Å²) in [6.07, 6.45) is -4.09. The van der Waals surface area contributed by atoms with E-state index in [0.29, 0.717) is 11.0 Å². The molecule has 160 valence electrons. The molecule has 2 amide bonds. The lowest BCUT2D eigenvalue weighted by atomic mass is 10.3. The maximum Gasteiger partial charge on any atom is 0.490 e. The summed E-state index contributed by atoms with van der Waals surface area (Å²) in [4.78, 5) is 31.0. The summed E-state index contributed by atoms with van der Waals surface area (Å²) in [5.74, 6) is -2.06. The predicted molar refractivity (Wildman–Crippen MR) is 103 cm³/mol. The molecule has 0 unspecified atom stereocenters. The van der Waals surface area contributed by atoms with Gasteiger partial charge in [-0.25, -0.2) is 14.6 Å². The number of alkyl halides is 3. The van der Waals surface area contributed by atoms with E-state index in [4.69, 9.17) is 9.90 Å². The highest BCUT2D eigenvalue weighted by atomic mass is 32.1. The minimum absolute atomic E-state index is 0.0749. The lowest BCUT2D eigenvalue weighted by Crippen LogP contribution is -2.37. The second-order valence-electron chi connectivity index (χ2n) is 6.08. The topological polar surface area (TPSA) is 98.7 Å². The summed E-state index contributed by atoms with van der Waals surface area (Å²) in [5, 5.41) is 12.6. The van der Waals surface area contributed by atoms with Crippen molar-refractivity contribution in [3.05, 3.63) is 28.2 Å². The van der Waals surface area contributed by atoms with Crippen LogP contribution in [0.2, 0.25) is 0 Å². The number of carbonyl (C=O) groups is 2. The number of thiophene rings is 1. The zero-order chi connectivity index (χ0) is 21.4. The van der Waals surface area contributed by atoms with Crippen LogP contribution in [-0.2, 0) is 11.3 Å². The molecule has 1 aliphatic heterocycles. The Hall–Kier alpha value is -2.25. The smallest absolute Gasteiger partial charge is 0.475 e. The molecule has 2 aromatic heterocycles. The summed E-state index contributed by atoms with van der Waals surface area (Å²) in [6.45, 7) is 6.25. The molecule has 3 heterocycles. The number of halogens is 3. The van der Waals surface area contributed by atoms with Crippen molar-refractivity contribution in [2.75, 3.05) is 31.5 Å². The van der Waals surface area contributed by atoms with Crippen molar-refractivity contribution in [2.45, 2.75) is 26.1 Å². The quantitative estimate of drug-likeness (QED) is 0.743. The highest BCUT2D eigenvalue weighted by Gasteiger charge is 2.38. The van der Waals surface area contributed by atoms with Crippen LogP contribution in [0.3, 0.4) is 0 Å². The first-order chi connectivity index (χ1) is 13.6. The molecule has 0 bridgehead atoms. The van der Waals surface area contributed by atoms with E-state index >= 15 is 0 Å². The van der Waals surface area contributed by atoms with Crippen LogP contribution in [0.15, 0.2) is 17.5 Å². The van der Waals surface area contributed by atoms with Crippen LogP contribution < -0.4 is 5.32 Å². The van der Waals surface area contributed by atoms with Gasteiger partial charge in [-0.3, -0.25) is 10.2 Å². The summed E-state index contributed by atoms with van der Waals surface area (Å²) in [5.41, 5.74) is 0. The number of carbonyl (C=O) groups excluding carboxylic acids is 1. The van der Waals surface area contributed by atoms with Gasteiger partial charge >= 0.3 is 18.2 Å². The number of nitrogens with zero attached hydrogens (tertiary/aromatic N) is 4. The van der Waals surface area contributed by atoms with Gasteiger partial charge in [0.1, 0.15) is 5.82 Å². The van der Waals surface area contributed by atoms with E-state index in [9.17, 15) is 18.0 Å². The number of amides is 2. The van der Waals surface area contributed by atoms with E-state index in [1.165, 1.54) is 16.4 Å². The van der Waals surface area contributed by atoms with Gasteiger partial charge < -0.3 is 10.0 Å². The number of aryl methyl sites for hydroxylation is 1. The normalized spacial score (nSPS) is 15.2. The molecule has 29 heavy (non-hydrogen) atoms. The molecule has 1 saturated heterocycles. The SMILES string of the molecule is Cc1nsc(NC(=O)N2CCCN(Cc3cccs3)CC2)n1.O=C(O)C(F)(F)F. The van der Waals surface area contributed by atoms with Crippen molar-refractivity contribution in [3.8, 4) is 0 Å². The van der Waals surface area contributed by atoms with Crippen molar-refractivity contribution in [1.29, 1.82) is 0 Å². The molecule has 1 fully saturated rings. The van der Waals surface area contributed by atoms with Crippen LogP contribution in [0.1, 0.15) is 17.1 Å². The van der Waals surface area contributed by atoms with Gasteiger partial charge in [0.05, 0.1) is 0 Å². The number of urea groups is 1. The Bertz CT molecular complexity index is 798. The number of hydrogen-bond acceptors (Lipinski definition) is 7. The first-order valence-electron chi connectivity index (χ1n) is 8.56. The Morgan fingerprint density at radius 1 is 1.28 bits per heavy atom. The van der Waals surface area contributed by atoms with Crippen LogP contribution in [0, 0.1) is 6.92 Å². The number of carboxylic acids is 1. The molecule has 1 aliphatic rings. The highest BCUT2D eigenvalue weighted by Crippen LogP contribution is 2.15. The van der Waals surface area contributed by atoms with E-state index in [0.717, 1.165) is 39.1 Å². The van der Waals surface area contributed by atoms with E-state index in [1.54, 1.807) is 11.3 Å². The predicted octanol–water partition coefficient (Wildman–Crippen LogP) is 3.28. The first kappa shape index (κ1) is 23.0. The maximum absolute atomic E-state index is 12.3. The van der Waals surface area contributed by atoms with Crippen molar-refractivity contribution in [2.24, 2.45) is 0 Å². The average molecular weight is 451 g/mol. The monoisotopic (exact) mass is 451 g/mol. The van der Waals surface area contributed by atoms with Crippen molar-refractivity contribution in [1.82, 2.24) is 19.2 Å². The van der Waals surface area contributed by atoms with Gasteiger partial charge in [-0.1, -0.05) is 6.07 Å². The van der Waals surface area contributed by atoms with Gasteiger partial charge in [0.25, 0.3) is 0 Å². The van der Waals surface area contributed by atoms with E-state index < -0.39 is 12.1 Å². The number of aromatic nitrogens is 2. The molecule has 0 aliphatic carbocycles. The van der Waals surface area contributed by atoms with Gasteiger partial charge in [-0.05, 0) is 24.8 Å². The molecule has 0 radical (unpaired) electrons. The third kappa shape index (κ3) is 7.95. The van der Waals surface area contributed by atoms with Crippen molar-refractivity contribution >= 4 is 40.0 Å². The third-order valence-electron chi connectivity index (χ3n) is 3.82. The molecule has 13 heteroatoms. The number of hydrogen-bond donors (Lipinski definition) is 2. The highest BCUT2D eigenvalue weighted by molar-refractivity contribution is 7.10. The molecular weight excluding hydrogens is 431 g/mol. The fourth-order valence-corrected chi connectivity index (χ4v) is 3.78.